The number of halogens is 1. The Bertz CT molecular complexity index is 1130. The first-order valence-corrected chi connectivity index (χ1v) is 7.74. The number of methoxy groups -OCH3 is 1. The molecule has 0 aliphatic rings. The maximum absolute atomic E-state index is 11.9. The van der Waals surface area contributed by atoms with Crippen molar-refractivity contribution in [3.05, 3.63) is 64.0 Å². The largest absolute Gasteiger partial charge is 0.497 e. The van der Waals surface area contributed by atoms with Crippen molar-refractivity contribution in [3.63, 3.8) is 0 Å². The summed E-state index contributed by atoms with van der Waals surface area (Å²) in [5.74, 6) is 1.13. The summed E-state index contributed by atoms with van der Waals surface area (Å²) in [6.45, 7) is 0. The third kappa shape index (κ3) is 2.77. The number of benzene rings is 2. The van der Waals surface area contributed by atoms with Gasteiger partial charge in [-0.25, -0.2) is 4.79 Å². The van der Waals surface area contributed by atoms with Gasteiger partial charge in [-0.3, -0.25) is 0 Å². The lowest BCUT2D eigenvalue weighted by atomic mass is 10.1. The zero-order chi connectivity index (χ0) is 17.4. The molecule has 4 rings (SSSR count). The highest BCUT2D eigenvalue weighted by Gasteiger charge is 2.17. The average Bonchev–Trinajstić information content (AvgIpc) is 3.10. The monoisotopic (exact) mass is 354 g/mol. The van der Waals surface area contributed by atoms with E-state index in [2.05, 4.69) is 10.1 Å². The van der Waals surface area contributed by atoms with E-state index in [1.54, 1.807) is 30.3 Å². The number of rotatable bonds is 3. The second kappa shape index (κ2) is 6.07. The Morgan fingerprint density at radius 3 is 2.72 bits per heavy atom. The lowest BCUT2D eigenvalue weighted by Gasteiger charge is -2.03. The summed E-state index contributed by atoms with van der Waals surface area (Å²) in [5, 5.41) is 5.14. The van der Waals surface area contributed by atoms with Gasteiger partial charge in [0.2, 0.25) is 5.82 Å². The van der Waals surface area contributed by atoms with Crippen LogP contribution in [0.5, 0.6) is 5.75 Å². The molecule has 6 nitrogen and oxygen atoms in total. The number of hydrogen-bond acceptors (Lipinski definition) is 6. The Kier molecular flexibility index (Phi) is 3.74. The summed E-state index contributed by atoms with van der Waals surface area (Å²) in [7, 11) is 1.54. The Morgan fingerprint density at radius 2 is 1.92 bits per heavy atom. The normalized spacial score (nSPS) is 11.0. The van der Waals surface area contributed by atoms with Gasteiger partial charge in [-0.05, 0) is 24.3 Å². The first kappa shape index (κ1) is 15.4. The van der Waals surface area contributed by atoms with Gasteiger partial charge in [0.05, 0.1) is 17.7 Å². The molecule has 0 atom stereocenters. The van der Waals surface area contributed by atoms with E-state index in [0.717, 1.165) is 0 Å². The van der Waals surface area contributed by atoms with Crippen molar-refractivity contribution in [2.45, 2.75) is 0 Å². The molecule has 0 aliphatic carbocycles. The lowest BCUT2D eigenvalue weighted by Crippen LogP contribution is -1.98. The van der Waals surface area contributed by atoms with Crippen LogP contribution in [-0.2, 0) is 0 Å². The highest BCUT2D eigenvalue weighted by atomic mass is 35.5. The van der Waals surface area contributed by atoms with Crippen LogP contribution in [0.1, 0.15) is 0 Å². The summed E-state index contributed by atoms with van der Waals surface area (Å²) >= 11 is 6.17. The van der Waals surface area contributed by atoms with E-state index >= 15 is 0 Å². The molecule has 7 heteroatoms. The van der Waals surface area contributed by atoms with Crippen molar-refractivity contribution in [1.82, 2.24) is 10.1 Å². The van der Waals surface area contributed by atoms with Crippen LogP contribution in [0, 0.1) is 0 Å². The fourth-order valence-corrected chi connectivity index (χ4v) is 2.75. The van der Waals surface area contributed by atoms with Crippen molar-refractivity contribution in [3.8, 4) is 28.6 Å². The second-order valence-electron chi connectivity index (χ2n) is 5.24. The smallest absolute Gasteiger partial charge is 0.337 e. The van der Waals surface area contributed by atoms with E-state index in [0.29, 0.717) is 38.7 Å². The molecule has 124 valence electrons. The summed E-state index contributed by atoms with van der Waals surface area (Å²) in [5.41, 5.74) is 0.986. The second-order valence-corrected chi connectivity index (χ2v) is 5.65. The minimum Gasteiger partial charge on any atom is -0.497 e. The summed E-state index contributed by atoms with van der Waals surface area (Å²) in [6, 6.07) is 13.7. The number of nitrogens with zero attached hydrogens (tertiary/aromatic N) is 2. The zero-order valence-electron chi connectivity index (χ0n) is 13.0. The number of fused-ring (bicyclic) bond motifs is 1. The van der Waals surface area contributed by atoms with Crippen molar-refractivity contribution >= 4 is 22.6 Å². The maximum atomic E-state index is 11.9. The van der Waals surface area contributed by atoms with Gasteiger partial charge in [-0.1, -0.05) is 28.9 Å². The number of ether oxygens (including phenoxy) is 1. The number of aromatic nitrogens is 2. The molecule has 2 aromatic heterocycles. The SMILES string of the molecule is COc1ccc2c(-c3nc(-c4ccccc4Cl)no3)cc(=O)oc2c1. The summed E-state index contributed by atoms with van der Waals surface area (Å²) < 4.78 is 15.7. The minimum absolute atomic E-state index is 0.206. The molecule has 0 aliphatic heterocycles. The van der Waals surface area contributed by atoms with Gasteiger partial charge in [0.15, 0.2) is 0 Å². The minimum atomic E-state index is -0.520. The molecule has 2 aromatic carbocycles. The van der Waals surface area contributed by atoms with Crippen molar-refractivity contribution in [1.29, 1.82) is 0 Å². The molecule has 0 radical (unpaired) electrons. The summed E-state index contributed by atoms with van der Waals surface area (Å²) in [6.07, 6.45) is 0. The zero-order valence-corrected chi connectivity index (χ0v) is 13.8. The Balaban J connectivity index is 1.88. The van der Waals surface area contributed by atoms with Crippen LogP contribution in [0.25, 0.3) is 33.8 Å². The maximum Gasteiger partial charge on any atom is 0.337 e. The predicted molar refractivity (Wildman–Crippen MR) is 92.8 cm³/mol. The van der Waals surface area contributed by atoms with Gasteiger partial charge >= 0.3 is 5.63 Å². The van der Waals surface area contributed by atoms with Crippen LogP contribution in [0.3, 0.4) is 0 Å². The molecule has 0 bridgehead atoms. The molecule has 25 heavy (non-hydrogen) atoms. The van der Waals surface area contributed by atoms with E-state index in [9.17, 15) is 4.79 Å². The third-order valence-electron chi connectivity index (χ3n) is 3.72. The Hall–Kier alpha value is -3.12. The van der Waals surface area contributed by atoms with Crippen LogP contribution in [0.15, 0.2) is 62.3 Å². The highest BCUT2D eigenvalue weighted by Crippen LogP contribution is 2.31. The van der Waals surface area contributed by atoms with Crippen LogP contribution >= 0.6 is 11.6 Å². The van der Waals surface area contributed by atoms with Crippen molar-refractivity contribution < 1.29 is 13.7 Å². The first-order valence-electron chi connectivity index (χ1n) is 7.36. The van der Waals surface area contributed by atoms with Crippen LogP contribution in [0.4, 0.5) is 0 Å². The van der Waals surface area contributed by atoms with Gasteiger partial charge in [0.25, 0.3) is 5.89 Å². The number of hydrogen-bond donors (Lipinski definition) is 0. The topological polar surface area (TPSA) is 78.4 Å². The Labute approximate surface area is 146 Å². The van der Waals surface area contributed by atoms with Crippen LogP contribution < -0.4 is 10.4 Å². The summed E-state index contributed by atoms with van der Waals surface area (Å²) in [4.78, 5) is 16.3. The molecular weight excluding hydrogens is 344 g/mol. The lowest BCUT2D eigenvalue weighted by molar-refractivity contribution is 0.414. The molecule has 0 saturated heterocycles. The van der Waals surface area contributed by atoms with Crippen molar-refractivity contribution in [2.75, 3.05) is 7.11 Å². The first-order chi connectivity index (χ1) is 12.2. The van der Waals surface area contributed by atoms with Gasteiger partial charge in [-0.15, -0.1) is 0 Å². The Morgan fingerprint density at radius 1 is 1.08 bits per heavy atom. The van der Waals surface area contributed by atoms with E-state index in [4.69, 9.17) is 25.3 Å². The van der Waals surface area contributed by atoms with Crippen molar-refractivity contribution in [2.24, 2.45) is 0 Å². The molecular formula is C18H11ClN2O4. The van der Waals surface area contributed by atoms with E-state index < -0.39 is 5.63 Å². The van der Waals surface area contributed by atoms with Crippen LogP contribution in [-0.4, -0.2) is 17.3 Å². The molecule has 0 amide bonds. The quantitative estimate of drug-likeness (QED) is 0.514. The molecule has 0 saturated carbocycles. The van der Waals surface area contributed by atoms with E-state index in [1.807, 2.05) is 12.1 Å². The molecule has 4 aromatic rings. The van der Waals surface area contributed by atoms with Gasteiger partial charge in [0, 0.05) is 23.1 Å². The molecule has 0 spiro atoms. The molecule has 0 N–H and O–H groups in total. The van der Waals surface area contributed by atoms with Crippen LogP contribution in [0.2, 0.25) is 5.02 Å². The van der Waals surface area contributed by atoms with E-state index in [1.165, 1.54) is 13.2 Å². The highest BCUT2D eigenvalue weighted by molar-refractivity contribution is 6.33. The van der Waals surface area contributed by atoms with Gasteiger partial charge < -0.3 is 13.7 Å². The van der Waals surface area contributed by atoms with Gasteiger partial charge in [-0.2, -0.15) is 4.98 Å². The fraction of sp³-hybridized carbons (Fsp3) is 0.0556. The van der Waals surface area contributed by atoms with Gasteiger partial charge in [0.1, 0.15) is 11.3 Å². The standard InChI is InChI=1S/C18H11ClN2O4/c1-23-10-6-7-11-13(9-16(22)24-15(11)8-10)18-20-17(21-25-18)12-4-2-3-5-14(12)19/h2-9H,1H3. The fourth-order valence-electron chi connectivity index (χ4n) is 2.53. The molecule has 2 heterocycles. The molecule has 0 unspecified atom stereocenters. The molecule has 0 fully saturated rings. The third-order valence-corrected chi connectivity index (χ3v) is 4.05. The predicted octanol–water partition coefficient (Wildman–Crippen LogP) is 4.17. The average molecular weight is 355 g/mol. The van der Waals surface area contributed by atoms with E-state index in [-0.39, 0.29) is 5.89 Å².